The predicted octanol–water partition coefficient (Wildman–Crippen LogP) is 3.63. The summed E-state index contributed by atoms with van der Waals surface area (Å²) in [6.45, 7) is 7.92. The second kappa shape index (κ2) is 11.2. The molecule has 38 heavy (non-hydrogen) atoms. The molecule has 1 unspecified atom stereocenters. The monoisotopic (exact) mass is 543 g/mol. The first kappa shape index (κ1) is 27.7. The van der Waals surface area contributed by atoms with Crippen molar-refractivity contribution in [2.75, 3.05) is 24.0 Å². The molecule has 0 fully saturated rings. The van der Waals surface area contributed by atoms with E-state index >= 15 is 0 Å². The number of benzene rings is 1. The quantitative estimate of drug-likeness (QED) is 0.196. The SMILES string of the molecule is C[C@@H](C(=O)NP(=O)(O)OC[C@H]1C=C[C@@H](n2cnc3c(N)ncnc32)C1)N(OCC(C)(C)C)c1ccccc1. The second-order valence-corrected chi connectivity index (χ2v) is 12.0. The number of amides is 1. The Labute approximate surface area is 221 Å². The molecule has 0 bridgehead atoms. The van der Waals surface area contributed by atoms with Gasteiger partial charge in [-0.05, 0) is 30.9 Å². The molecule has 1 aliphatic rings. The summed E-state index contributed by atoms with van der Waals surface area (Å²) in [7, 11) is -4.44. The number of nitrogens with one attached hydrogen (secondary N) is 1. The molecule has 0 aliphatic heterocycles. The lowest BCUT2D eigenvalue weighted by molar-refractivity contribution is -0.123. The molecule has 2 heterocycles. The van der Waals surface area contributed by atoms with Crippen LogP contribution in [-0.2, 0) is 18.7 Å². The smallest absolute Gasteiger partial charge is 0.382 e. The van der Waals surface area contributed by atoms with Crippen molar-refractivity contribution >= 4 is 36.3 Å². The maximum absolute atomic E-state index is 13.0. The van der Waals surface area contributed by atoms with Gasteiger partial charge < -0.3 is 15.2 Å². The number of hydrogen-bond donors (Lipinski definition) is 3. The van der Waals surface area contributed by atoms with Gasteiger partial charge in [0.1, 0.15) is 17.9 Å². The molecule has 4 N–H and O–H groups in total. The van der Waals surface area contributed by atoms with E-state index in [9.17, 15) is 14.3 Å². The summed E-state index contributed by atoms with van der Waals surface area (Å²) in [6.07, 6.45) is 7.49. The van der Waals surface area contributed by atoms with Crippen LogP contribution in [0.1, 0.15) is 40.2 Å². The molecule has 1 aliphatic carbocycles. The number of fused-ring (bicyclic) bond motifs is 1. The van der Waals surface area contributed by atoms with Crippen LogP contribution in [0.3, 0.4) is 0 Å². The van der Waals surface area contributed by atoms with E-state index in [2.05, 4.69) is 20.0 Å². The van der Waals surface area contributed by atoms with Crippen molar-refractivity contribution in [2.24, 2.45) is 11.3 Å². The Morgan fingerprint density at radius 1 is 1.26 bits per heavy atom. The summed E-state index contributed by atoms with van der Waals surface area (Å²) in [4.78, 5) is 41.8. The highest BCUT2D eigenvalue weighted by molar-refractivity contribution is 7.51. The van der Waals surface area contributed by atoms with E-state index in [1.807, 2.05) is 55.7 Å². The highest BCUT2D eigenvalue weighted by Gasteiger charge is 2.32. The summed E-state index contributed by atoms with van der Waals surface area (Å²) in [5, 5.41) is 3.60. The van der Waals surface area contributed by atoms with E-state index in [1.54, 1.807) is 25.4 Å². The second-order valence-electron chi connectivity index (χ2n) is 10.5. The van der Waals surface area contributed by atoms with Gasteiger partial charge in [0, 0.05) is 5.92 Å². The topological polar surface area (TPSA) is 158 Å². The third kappa shape index (κ3) is 6.76. The van der Waals surface area contributed by atoms with Crippen molar-refractivity contribution in [1.29, 1.82) is 0 Å². The molecule has 204 valence electrons. The minimum Gasteiger partial charge on any atom is -0.382 e. The summed E-state index contributed by atoms with van der Waals surface area (Å²) >= 11 is 0. The van der Waals surface area contributed by atoms with Gasteiger partial charge in [-0.15, -0.1) is 0 Å². The van der Waals surface area contributed by atoms with Gasteiger partial charge in [0.25, 0.3) is 5.91 Å². The summed E-state index contributed by atoms with van der Waals surface area (Å²) < 4.78 is 19.9. The number of rotatable bonds is 10. The third-order valence-corrected chi connectivity index (χ3v) is 6.99. The predicted molar refractivity (Wildman–Crippen MR) is 144 cm³/mol. The third-order valence-electron chi connectivity index (χ3n) is 5.99. The van der Waals surface area contributed by atoms with Crippen LogP contribution in [0.15, 0.2) is 55.1 Å². The van der Waals surface area contributed by atoms with Crippen LogP contribution in [-0.4, -0.2) is 49.6 Å². The molecule has 1 amide bonds. The largest absolute Gasteiger partial charge is 0.432 e. The number of hydrogen-bond acceptors (Lipinski definition) is 9. The molecular weight excluding hydrogens is 509 g/mol. The van der Waals surface area contributed by atoms with Crippen LogP contribution < -0.4 is 15.9 Å². The van der Waals surface area contributed by atoms with E-state index in [4.69, 9.17) is 15.1 Å². The van der Waals surface area contributed by atoms with Crippen LogP contribution in [0, 0.1) is 11.3 Å². The van der Waals surface area contributed by atoms with Gasteiger partial charge in [0.05, 0.1) is 31.3 Å². The Balaban J connectivity index is 1.34. The lowest BCUT2D eigenvalue weighted by Crippen LogP contribution is -2.45. The number of hydroxylamine groups is 1. The molecule has 0 radical (unpaired) electrons. The molecule has 4 atom stereocenters. The van der Waals surface area contributed by atoms with Crippen molar-refractivity contribution in [1.82, 2.24) is 24.6 Å². The first-order chi connectivity index (χ1) is 17.9. The van der Waals surface area contributed by atoms with Gasteiger partial charge in [-0.2, -0.15) is 0 Å². The molecule has 0 saturated carbocycles. The Kier molecular flexibility index (Phi) is 8.17. The molecule has 2 aromatic heterocycles. The Hall–Kier alpha value is -3.31. The highest BCUT2D eigenvalue weighted by Crippen LogP contribution is 2.40. The summed E-state index contributed by atoms with van der Waals surface area (Å²) in [6, 6.07) is 8.13. The van der Waals surface area contributed by atoms with Gasteiger partial charge in [0.15, 0.2) is 11.5 Å². The van der Waals surface area contributed by atoms with Gasteiger partial charge in [-0.25, -0.2) is 24.6 Å². The first-order valence-electron chi connectivity index (χ1n) is 12.3. The normalized spacial score (nSPS) is 19.8. The Morgan fingerprint density at radius 2 is 2.00 bits per heavy atom. The molecule has 12 nitrogen and oxygen atoms in total. The number of carbonyl (C=O) groups excluding carboxylic acids is 1. The number of carbonyl (C=O) groups is 1. The number of para-hydroxylation sites is 1. The molecule has 13 heteroatoms. The zero-order valence-corrected chi connectivity index (χ0v) is 22.8. The molecular formula is C25H34N7O5P. The van der Waals surface area contributed by atoms with E-state index < -0.39 is 19.7 Å². The lowest BCUT2D eigenvalue weighted by Gasteiger charge is -2.32. The van der Waals surface area contributed by atoms with Crippen LogP contribution in [0.2, 0.25) is 0 Å². The minimum absolute atomic E-state index is 0.0535. The average Bonchev–Trinajstić information content (AvgIpc) is 3.50. The number of imidazole rings is 1. The zero-order chi connectivity index (χ0) is 27.5. The molecule has 3 aromatic rings. The first-order valence-corrected chi connectivity index (χ1v) is 13.9. The van der Waals surface area contributed by atoms with Crippen molar-refractivity contribution in [3.63, 3.8) is 0 Å². The molecule has 0 saturated heterocycles. The van der Waals surface area contributed by atoms with E-state index in [0.717, 1.165) is 0 Å². The lowest BCUT2D eigenvalue weighted by atomic mass is 9.99. The van der Waals surface area contributed by atoms with E-state index in [-0.39, 0.29) is 24.0 Å². The van der Waals surface area contributed by atoms with E-state index in [0.29, 0.717) is 35.7 Å². The number of anilines is 2. The summed E-state index contributed by atoms with van der Waals surface area (Å²) in [5.41, 5.74) is 7.49. The maximum Gasteiger partial charge on any atom is 0.432 e. The van der Waals surface area contributed by atoms with Gasteiger partial charge in [-0.3, -0.25) is 19.2 Å². The van der Waals surface area contributed by atoms with Crippen LogP contribution in [0.4, 0.5) is 11.5 Å². The van der Waals surface area contributed by atoms with Crippen LogP contribution >= 0.6 is 7.75 Å². The fraction of sp³-hybridized carbons (Fsp3) is 0.440. The number of nitrogen functional groups attached to an aromatic ring is 1. The Morgan fingerprint density at radius 3 is 2.71 bits per heavy atom. The zero-order valence-electron chi connectivity index (χ0n) is 21.9. The number of allylic oxidation sites excluding steroid dienone is 1. The van der Waals surface area contributed by atoms with Gasteiger partial charge in [0.2, 0.25) is 0 Å². The summed E-state index contributed by atoms with van der Waals surface area (Å²) in [5.74, 6) is -0.547. The van der Waals surface area contributed by atoms with Gasteiger partial charge in [-0.1, -0.05) is 51.1 Å². The minimum atomic E-state index is -4.44. The maximum atomic E-state index is 13.0. The number of aromatic nitrogens is 4. The molecule has 1 aromatic carbocycles. The van der Waals surface area contributed by atoms with Crippen molar-refractivity contribution in [3.05, 3.63) is 55.1 Å². The fourth-order valence-corrected chi connectivity index (χ4v) is 4.94. The Bertz CT molecular complexity index is 1340. The van der Waals surface area contributed by atoms with Gasteiger partial charge >= 0.3 is 7.75 Å². The number of nitrogens with two attached hydrogens (primary N) is 1. The molecule has 4 rings (SSSR count). The van der Waals surface area contributed by atoms with Crippen molar-refractivity contribution in [3.8, 4) is 0 Å². The van der Waals surface area contributed by atoms with Crippen LogP contribution in [0.25, 0.3) is 11.2 Å². The average molecular weight is 544 g/mol. The molecule has 0 spiro atoms. The van der Waals surface area contributed by atoms with Crippen molar-refractivity contribution < 1.29 is 23.6 Å². The number of nitrogens with zero attached hydrogens (tertiary/aromatic N) is 5. The van der Waals surface area contributed by atoms with E-state index in [1.165, 1.54) is 11.4 Å². The fourth-order valence-electron chi connectivity index (χ4n) is 4.01. The standard InChI is InChI=1S/C25H34N7O5P/c1-17(32(36-14-25(2,3)4)19-8-6-5-7-9-19)24(33)30-38(34,35)37-13-18-10-11-20(12-18)31-16-29-21-22(26)27-15-28-23(21)31/h5-11,15-18,20H,12-14H2,1-4H3,(H2,26,27,28)(H2,30,33,34,35)/t17-,18-,20+/m0/s1. The van der Waals surface area contributed by atoms with Crippen molar-refractivity contribution in [2.45, 2.75) is 46.2 Å². The highest BCUT2D eigenvalue weighted by atomic mass is 31.2. The van der Waals surface area contributed by atoms with Crippen LogP contribution in [0.5, 0.6) is 0 Å².